The van der Waals surface area contributed by atoms with E-state index in [2.05, 4.69) is 16.5 Å². The Bertz CT molecular complexity index is 1180. The molecule has 31 heavy (non-hydrogen) atoms. The van der Waals surface area contributed by atoms with E-state index in [9.17, 15) is 20.3 Å². The quantitative estimate of drug-likeness (QED) is 0.325. The summed E-state index contributed by atoms with van der Waals surface area (Å²) < 4.78 is 0. The molecule has 0 radical (unpaired) electrons. The van der Waals surface area contributed by atoms with Gasteiger partial charge in [-0.05, 0) is 67.0 Å². The summed E-state index contributed by atoms with van der Waals surface area (Å²) >= 11 is 0. The van der Waals surface area contributed by atoms with E-state index < -0.39 is 0 Å². The number of hydrogen-bond donors (Lipinski definition) is 3. The number of aromatic nitrogens is 1. The van der Waals surface area contributed by atoms with Crippen LogP contribution in [0, 0.1) is 22.0 Å². The molecule has 0 saturated carbocycles. The van der Waals surface area contributed by atoms with Crippen LogP contribution in [0.4, 0.5) is 5.69 Å². The lowest BCUT2D eigenvalue weighted by Crippen LogP contribution is -2.45. The lowest BCUT2D eigenvalue weighted by molar-refractivity contribution is -0.383. The Balaban J connectivity index is 1.47. The number of nitro benzene ring substituents is 1. The van der Waals surface area contributed by atoms with Crippen LogP contribution in [-0.2, 0) is 12.8 Å². The summed E-state index contributed by atoms with van der Waals surface area (Å²) in [6, 6.07) is 11.8. The summed E-state index contributed by atoms with van der Waals surface area (Å²) in [6.45, 7) is 5.37. The highest BCUT2D eigenvalue weighted by atomic mass is 16.6. The second-order valence-corrected chi connectivity index (χ2v) is 8.74. The number of fused-ring (bicyclic) bond motifs is 4. The van der Waals surface area contributed by atoms with Crippen molar-refractivity contribution in [2.45, 2.75) is 25.3 Å². The molecule has 2 aliphatic rings. The van der Waals surface area contributed by atoms with Gasteiger partial charge in [-0.2, -0.15) is 0 Å². The van der Waals surface area contributed by atoms with Gasteiger partial charge in [0.1, 0.15) is 11.5 Å². The molecule has 1 aliphatic carbocycles. The third kappa shape index (κ3) is 3.35. The maximum Gasteiger partial charge on any atom is 0.279 e. The fourth-order valence-electron chi connectivity index (χ4n) is 5.58. The number of aliphatic hydroxyl groups is 1. The highest BCUT2D eigenvalue weighted by molar-refractivity contribution is 5.93. The number of H-pyrrole nitrogens is 1. The van der Waals surface area contributed by atoms with Crippen LogP contribution in [0.25, 0.3) is 10.9 Å². The fourth-order valence-corrected chi connectivity index (χ4v) is 5.58. The van der Waals surface area contributed by atoms with Crippen LogP contribution in [0.5, 0.6) is 5.75 Å². The minimum Gasteiger partial charge on any atom is -0.511 e. The number of aliphatic hydroxyl groups excluding tert-OH is 1. The third-order valence-electron chi connectivity index (χ3n) is 6.91. The van der Waals surface area contributed by atoms with Crippen molar-refractivity contribution in [1.82, 2.24) is 9.88 Å². The molecule has 0 bridgehead atoms. The van der Waals surface area contributed by atoms with E-state index in [1.807, 2.05) is 12.1 Å². The van der Waals surface area contributed by atoms with Crippen LogP contribution in [0.2, 0.25) is 0 Å². The molecule has 0 amide bonds. The number of nitrogens with zero attached hydrogens (tertiary/aromatic N) is 2. The molecule has 2 heterocycles. The SMILES string of the molecule is C=C(O)C(c1cccc(O)c1)N1CCC2Cc3[nH]c4cccc([N+](=O)[O-])c4c3CC2C1. The number of hydrogen-bond acceptors (Lipinski definition) is 5. The van der Waals surface area contributed by atoms with Crippen LogP contribution in [-0.4, -0.2) is 38.1 Å². The first-order valence-electron chi connectivity index (χ1n) is 10.6. The first-order chi connectivity index (χ1) is 14.9. The number of non-ortho nitro benzene ring substituents is 1. The normalized spacial score (nSPS) is 21.9. The first kappa shape index (κ1) is 19.6. The molecular formula is C24H25N3O4. The van der Waals surface area contributed by atoms with Crippen LogP contribution >= 0.6 is 0 Å². The Morgan fingerprint density at radius 1 is 1.23 bits per heavy atom. The molecular weight excluding hydrogens is 394 g/mol. The van der Waals surface area contributed by atoms with E-state index in [-0.39, 0.29) is 28.2 Å². The molecule has 1 fully saturated rings. The van der Waals surface area contributed by atoms with Crippen LogP contribution < -0.4 is 0 Å². The van der Waals surface area contributed by atoms with Gasteiger partial charge in [0.15, 0.2) is 0 Å². The number of piperidine rings is 1. The van der Waals surface area contributed by atoms with Crippen molar-refractivity contribution >= 4 is 16.6 Å². The molecule has 7 nitrogen and oxygen atoms in total. The molecule has 5 rings (SSSR count). The number of phenolic OH excluding ortho intramolecular Hbond substituents is 1. The van der Waals surface area contributed by atoms with Gasteiger partial charge < -0.3 is 15.2 Å². The van der Waals surface area contributed by atoms with Gasteiger partial charge in [-0.1, -0.05) is 24.8 Å². The summed E-state index contributed by atoms with van der Waals surface area (Å²) in [4.78, 5) is 16.9. The zero-order valence-corrected chi connectivity index (χ0v) is 17.1. The molecule has 3 atom stereocenters. The second-order valence-electron chi connectivity index (χ2n) is 8.74. The highest BCUT2D eigenvalue weighted by Crippen LogP contribution is 2.43. The molecule has 0 spiro atoms. The average molecular weight is 419 g/mol. The van der Waals surface area contributed by atoms with Gasteiger partial charge >= 0.3 is 0 Å². The Hall–Kier alpha value is -3.32. The number of nitrogens with one attached hydrogen (secondary N) is 1. The summed E-state index contributed by atoms with van der Waals surface area (Å²) in [5.74, 6) is 1.04. The maximum atomic E-state index is 11.6. The summed E-state index contributed by atoms with van der Waals surface area (Å²) in [5, 5.41) is 32.6. The van der Waals surface area contributed by atoms with Gasteiger partial charge in [0.2, 0.25) is 0 Å². The number of aromatic amines is 1. The zero-order chi connectivity index (χ0) is 21.7. The number of nitro groups is 1. The summed E-state index contributed by atoms with van der Waals surface area (Å²) in [5.41, 5.74) is 3.97. The van der Waals surface area contributed by atoms with E-state index in [4.69, 9.17) is 0 Å². The van der Waals surface area contributed by atoms with Crippen molar-refractivity contribution in [3.8, 4) is 5.75 Å². The zero-order valence-electron chi connectivity index (χ0n) is 17.1. The van der Waals surface area contributed by atoms with Gasteiger partial charge in [0.25, 0.3) is 5.69 Å². The van der Waals surface area contributed by atoms with Gasteiger partial charge in [-0.3, -0.25) is 15.0 Å². The standard InChI is InChI=1S/C24H25N3O4/c1-14(28)24(16-4-2-5-18(29)10-16)26-9-8-15-12-21-19(11-17(15)13-26)23-20(25-21)6-3-7-22(23)27(30)31/h2-7,10,15,17,24-25,28-29H,1,8-9,11-13H2. The van der Waals surface area contributed by atoms with Crippen molar-refractivity contribution in [2.75, 3.05) is 13.1 Å². The minimum absolute atomic E-state index is 0.0586. The number of aromatic hydroxyl groups is 1. The topological polar surface area (TPSA) is 103 Å². The van der Waals surface area contributed by atoms with Crippen molar-refractivity contribution in [3.05, 3.63) is 81.7 Å². The van der Waals surface area contributed by atoms with Crippen LogP contribution in [0.1, 0.15) is 29.3 Å². The smallest absolute Gasteiger partial charge is 0.279 e. The number of rotatable bonds is 4. The summed E-state index contributed by atoms with van der Waals surface area (Å²) in [7, 11) is 0. The lowest BCUT2D eigenvalue weighted by Gasteiger charge is -2.44. The van der Waals surface area contributed by atoms with E-state index in [0.29, 0.717) is 11.8 Å². The lowest BCUT2D eigenvalue weighted by atomic mass is 9.73. The van der Waals surface area contributed by atoms with E-state index in [0.717, 1.165) is 60.1 Å². The molecule has 2 aromatic carbocycles. The van der Waals surface area contributed by atoms with Gasteiger partial charge in [-0.25, -0.2) is 0 Å². The molecule has 1 aromatic heterocycles. The first-order valence-corrected chi connectivity index (χ1v) is 10.6. The van der Waals surface area contributed by atoms with Crippen molar-refractivity contribution in [2.24, 2.45) is 11.8 Å². The number of phenols is 1. The minimum atomic E-state index is -0.383. The number of likely N-dealkylation sites (tertiary alicyclic amines) is 1. The predicted molar refractivity (Wildman–Crippen MR) is 118 cm³/mol. The van der Waals surface area contributed by atoms with E-state index in [1.165, 1.54) is 0 Å². The Morgan fingerprint density at radius 2 is 2.03 bits per heavy atom. The third-order valence-corrected chi connectivity index (χ3v) is 6.91. The Kier molecular flexibility index (Phi) is 4.70. The van der Waals surface area contributed by atoms with Crippen molar-refractivity contribution < 1.29 is 15.1 Å². The largest absolute Gasteiger partial charge is 0.511 e. The number of benzene rings is 2. The predicted octanol–water partition coefficient (Wildman–Crippen LogP) is 4.63. The Labute approximate surface area is 179 Å². The second kappa shape index (κ2) is 7.42. The molecule has 3 N–H and O–H groups in total. The van der Waals surface area contributed by atoms with Gasteiger partial charge in [-0.15, -0.1) is 0 Å². The molecule has 1 aliphatic heterocycles. The van der Waals surface area contributed by atoms with E-state index in [1.54, 1.807) is 30.3 Å². The van der Waals surface area contributed by atoms with Crippen molar-refractivity contribution in [3.63, 3.8) is 0 Å². The monoisotopic (exact) mass is 419 g/mol. The molecule has 1 saturated heterocycles. The van der Waals surface area contributed by atoms with Crippen molar-refractivity contribution in [1.29, 1.82) is 0 Å². The maximum absolute atomic E-state index is 11.6. The Morgan fingerprint density at radius 3 is 2.77 bits per heavy atom. The van der Waals surface area contributed by atoms with Gasteiger partial charge in [0.05, 0.1) is 21.9 Å². The molecule has 160 valence electrons. The van der Waals surface area contributed by atoms with Gasteiger partial charge in [0, 0.05) is 18.3 Å². The van der Waals surface area contributed by atoms with E-state index >= 15 is 0 Å². The molecule has 7 heteroatoms. The fraction of sp³-hybridized carbons (Fsp3) is 0.333. The van der Waals surface area contributed by atoms with Crippen LogP contribution in [0.15, 0.2) is 54.8 Å². The highest BCUT2D eigenvalue weighted by Gasteiger charge is 2.39. The molecule has 3 aromatic rings. The molecule has 3 unspecified atom stereocenters. The van der Waals surface area contributed by atoms with Crippen LogP contribution in [0.3, 0.4) is 0 Å². The average Bonchev–Trinajstić information content (AvgIpc) is 3.09. The summed E-state index contributed by atoms with van der Waals surface area (Å²) in [6.07, 6.45) is 2.63.